The first-order chi connectivity index (χ1) is 7.72. The smallest absolute Gasteiger partial charge is 0.0564 e. The van der Waals surface area contributed by atoms with Gasteiger partial charge in [-0.3, -0.25) is 4.90 Å². The molecule has 3 heteroatoms. The highest BCUT2D eigenvalue weighted by Crippen LogP contribution is 2.27. The third-order valence-electron chi connectivity index (χ3n) is 2.78. The van der Waals surface area contributed by atoms with E-state index in [0.29, 0.717) is 6.04 Å². The molecule has 1 atom stereocenters. The monoisotopic (exact) mass is 240 g/mol. The molecule has 1 heterocycles. The quantitative estimate of drug-likeness (QED) is 0.793. The summed E-state index contributed by atoms with van der Waals surface area (Å²) in [4.78, 5) is 5.31. The van der Waals surface area contributed by atoms with Crippen LogP contribution in [0.4, 0.5) is 0 Å². The molecule has 2 N–H and O–H groups in total. The maximum Gasteiger partial charge on any atom is 0.0564 e. The van der Waals surface area contributed by atoms with E-state index in [1.165, 1.54) is 22.6 Å². The van der Waals surface area contributed by atoms with Gasteiger partial charge in [0, 0.05) is 16.3 Å². The molecular weight excluding hydrogens is 216 g/mol. The van der Waals surface area contributed by atoms with Crippen molar-refractivity contribution in [1.29, 1.82) is 0 Å². The van der Waals surface area contributed by atoms with Gasteiger partial charge in [0.05, 0.1) is 6.04 Å². The van der Waals surface area contributed by atoms with E-state index in [2.05, 4.69) is 37.8 Å². The molecule has 0 fully saturated rings. The van der Waals surface area contributed by atoms with Gasteiger partial charge in [0.1, 0.15) is 0 Å². The largest absolute Gasteiger partial charge is 0.329 e. The molecule has 2 nitrogen and oxygen atoms in total. The Morgan fingerprint density at radius 1 is 1.25 bits per heavy atom. The third-order valence-corrected chi connectivity index (χ3v) is 3.88. The van der Waals surface area contributed by atoms with Gasteiger partial charge in [-0.15, -0.1) is 11.3 Å². The van der Waals surface area contributed by atoms with Crippen LogP contribution in [0.2, 0.25) is 0 Å². The molecular formula is C13H24N2S. The average Bonchev–Trinajstić information content (AvgIpc) is 2.67. The zero-order valence-corrected chi connectivity index (χ0v) is 11.5. The van der Waals surface area contributed by atoms with E-state index in [4.69, 9.17) is 5.73 Å². The number of nitrogens with zero attached hydrogens (tertiary/aromatic N) is 1. The van der Waals surface area contributed by atoms with Crippen molar-refractivity contribution in [3.8, 4) is 0 Å². The summed E-state index contributed by atoms with van der Waals surface area (Å²) in [5.41, 5.74) is 5.94. The van der Waals surface area contributed by atoms with Gasteiger partial charge in [0.15, 0.2) is 0 Å². The lowest BCUT2D eigenvalue weighted by Gasteiger charge is -2.29. The Hall–Kier alpha value is -0.380. The normalized spacial score (nSPS) is 13.3. The maximum atomic E-state index is 5.94. The highest BCUT2D eigenvalue weighted by Gasteiger charge is 2.18. The first kappa shape index (κ1) is 13.7. The summed E-state index contributed by atoms with van der Waals surface area (Å²) in [6.45, 7) is 9.64. The van der Waals surface area contributed by atoms with Gasteiger partial charge in [0.25, 0.3) is 0 Å². The lowest BCUT2D eigenvalue weighted by atomic mass is 10.2. The van der Waals surface area contributed by atoms with Crippen molar-refractivity contribution in [1.82, 2.24) is 4.90 Å². The van der Waals surface area contributed by atoms with Crippen molar-refractivity contribution >= 4 is 11.3 Å². The van der Waals surface area contributed by atoms with Crippen LogP contribution in [-0.4, -0.2) is 24.5 Å². The number of thiophene rings is 1. The molecule has 0 aromatic carbocycles. The average molecular weight is 240 g/mol. The van der Waals surface area contributed by atoms with Gasteiger partial charge in [-0.05, 0) is 45.0 Å². The predicted octanol–water partition coefficient (Wildman–Crippen LogP) is 3.18. The van der Waals surface area contributed by atoms with Gasteiger partial charge in [-0.1, -0.05) is 13.8 Å². The molecule has 0 aliphatic carbocycles. The lowest BCUT2D eigenvalue weighted by Crippen LogP contribution is -2.34. The van der Waals surface area contributed by atoms with Crippen LogP contribution in [-0.2, 0) is 0 Å². The van der Waals surface area contributed by atoms with Crippen LogP contribution in [0.1, 0.15) is 42.5 Å². The Labute approximate surface area is 103 Å². The van der Waals surface area contributed by atoms with Crippen molar-refractivity contribution in [3.63, 3.8) is 0 Å². The standard InChI is InChI=1S/C13H24N2S/c1-4-8-15(9-5-2)12(10-14)13-7-6-11(3)16-13/h6-7,12H,4-5,8-10,14H2,1-3H3. The van der Waals surface area contributed by atoms with E-state index in [9.17, 15) is 0 Å². The van der Waals surface area contributed by atoms with Gasteiger partial charge in [-0.2, -0.15) is 0 Å². The number of rotatable bonds is 7. The second-order valence-corrected chi connectivity index (χ2v) is 5.56. The van der Waals surface area contributed by atoms with Crippen LogP contribution < -0.4 is 5.73 Å². The first-order valence-corrected chi connectivity index (χ1v) is 7.05. The number of hydrogen-bond acceptors (Lipinski definition) is 3. The highest BCUT2D eigenvalue weighted by molar-refractivity contribution is 7.12. The van der Waals surface area contributed by atoms with Gasteiger partial charge in [-0.25, -0.2) is 0 Å². The Bertz CT molecular complexity index is 290. The minimum absolute atomic E-state index is 0.415. The topological polar surface area (TPSA) is 29.3 Å². The predicted molar refractivity (Wildman–Crippen MR) is 73.0 cm³/mol. The van der Waals surface area contributed by atoms with Crippen LogP contribution >= 0.6 is 11.3 Å². The van der Waals surface area contributed by atoms with Gasteiger partial charge >= 0.3 is 0 Å². The molecule has 92 valence electrons. The van der Waals surface area contributed by atoms with E-state index in [1.807, 2.05) is 11.3 Å². The maximum absolute atomic E-state index is 5.94. The van der Waals surface area contributed by atoms with Crippen molar-refractivity contribution in [2.75, 3.05) is 19.6 Å². The van der Waals surface area contributed by atoms with E-state index in [0.717, 1.165) is 19.6 Å². The Morgan fingerprint density at radius 2 is 1.88 bits per heavy atom. The zero-order valence-electron chi connectivity index (χ0n) is 10.7. The van der Waals surface area contributed by atoms with Crippen molar-refractivity contribution in [3.05, 3.63) is 21.9 Å². The molecule has 1 aromatic heterocycles. The number of aryl methyl sites for hydroxylation is 1. The van der Waals surface area contributed by atoms with Crippen LogP contribution in [0, 0.1) is 6.92 Å². The Morgan fingerprint density at radius 3 is 2.25 bits per heavy atom. The molecule has 0 aliphatic rings. The molecule has 0 aliphatic heterocycles. The summed E-state index contributed by atoms with van der Waals surface area (Å²) in [5, 5.41) is 0. The SMILES string of the molecule is CCCN(CCC)C(CN)c1ccc(C)s1. The van der Waals surface area contributed by atoms with Gasteiger partial charge in [0.2, 0.25) is 0 Å². The van der Waals surface area contributed by atoms with Crippen LogP contribution in [0.15, 0.2) is 12.1 Å². The summed E-state index contributed by atoms with van der Waals surface area (Å²) < 4.78 is 0. The summed E-state index contributed by atoms with van der Waals surface area (Å²) in [7, 11) is 0. The molecule has 0 spiro atoms. The number of nitrogens with two attached hydrogens (primary N) is 1. The van der Waals surface area contributed by atoms with Crippen molar-refractivity contribution in [2.45, 2.75) is 39.7 Å². The second-order valence-electron chi connectivity index (χ2n) is 4.24. The van der Waals surface area contributed by atoms with Crippen molar-refractivity contribution < 1.29 is 0 Å². The van der Waals surface area contributed by atoms with Crippen molar-refractivity contribution in [2.24, 2.45) is 5.73 Å². The molecule has 1 unspecified atom stereocenters. The molecule has 0 amide bonds. The molecule has 16 heavy (non-hydrogen) atoms. The fraction of sp³-hybridized carbons (Fsp3) is 0.692. The summed E-state index contributed by atoms with van der Waals surface area (Å²) in [6.07, 6.45) is 2.39. The summed E-state index contributed by atoms with van der Waals surface area (Å²) in [5.74, 6) is 0. The van der Waals surface area contributed by atoms with E-state index in [1.54, 1.807) is 0 Å². The molecule has 0 radical (unpaired) electrons. The van der Waals surface area contributed by atoms with Crippen LogP contribution in [0.3, 0.4) is 0 Å². The number of hydrogen-bond donors (Lipinski definition) is 1. The van der Waals surface area contributed by atoms with E-state index >= 15 is 0 Å². The molecule has 0 saturated carbocycles. The van der Waals surface area contributed by atoms with Crippen LogP contribution in [0.25, 0.3) is 0 Å². The fourth-order valence-electron chi connectivity index (χ4n) is 2.08. The second kappa shape index (κ2) is 7.05. The summed E-state index contributed by atoms with van der Waals surface area (Å²) >= 11 is 1.88. The van der Waals surface area contributed by atoms with Gasteiger partial charge < -0.3 is 5.73 Å². The fourth-order valence-corrected chi connectivity index (χ4v) is 3.10. The zero-order chi connectivity index (χ0) is 12.0. The third kappa shape index (κ3) is 3.58. The van der Waals surface area contributed by atoms with Crippen LogP contribution in [0.5, 0.6) is 0 Å². The minimum atomic E-state index is 0.415. The lowest BCUT2D eigenvalue weighted by molar-refractivity contribution is 0.205. The summed E-state index contributed by atoms with van der Waals surface area (Å²) in [6, 6.07) is 4.84. The molecule has 0 saturated heterocycles. The van der Waals surface area contributed by atoms with E-state index < -0.39 is 0 Å². The Balaban J connectivity index is 2.76. The molecule has 0 bridgehead atoms. The molecule has 1 rings (SSSR count). The minimum Gasteiger partial charge on any atom is -0.329 e. The first-order valence-electron chi connectivity index (χ1n) is 6.23. The highest BCUT2D eigenvalue weighted by atomic mass is 32.1. The van der Waals surface area contributed by atoms with E-state index in [-0.39, 0.29) is 0 Å². The molecule has 1 aromatic rings. The Kier molecular flexibility index (Phi) is 6.03.